The van der Waals surface area contributed by atoms with Crippen molar-refractivity contribution in [3.63, 3.8) is 0 Å². The second-order valence-electron chi connectivity index (χ2n) is 3.69. The molecule has 0 spiro atoms. The number of amides is 3. The van der Waals surface area contributed by atoms with Gasteiger partial charge in [0.2, 0.25) is 5.91 Å². The van der Waals surface area contributed by atoms with Crippen LogP contribution in [0.15, 0.2) is 18.2 Å². The first-order valence-electron chi connectivity index (χ1n) is 5.75. The Balaban J connectivity index is 2.56. The van der Waals surface area contributed by atoms with Crippen LogP contribution in [0.2, 0.25) is 10.0 Å². The fourth-order valence-electron chi connectivity index (χ4n) is 1.28. The molecule has 0 saturated heterocycles. The van der Waals surface area contributed by atoms with Gasteiger partial charge in [-0.3, -0.25) is 14.4 Å². The molecular formula is C12H13Cl2N3O3. The molecule has 0 radical (unpaired) electrons. The summed E-state index contributed by atoms with van der Waals surface area (Å²) < 4.78 is 0. The van der Waals surface area contributed by atoms with Crippen LogP contribution >= 0.6 is 23.2 Å². The van der Waals surface area contributed by atoms with E-state index in [0.29, 0.717) is 6.54 Å². The highest BCUT2D eigenvalue weighted by atomic mass is 35.5. The van der Waals surface area contributed by atoms with E-state index in [1.807, 2.05) is 0 Å². The van der Waals surface area contributed by atoms with Gasteiger partial charge in [-0.15, -0.1) is 0 Å². The minimum absolute atomic E-state index is 0.138. The maximum absolute atomic E-state index is 11.6. The number of likely N-dealkylation sites (N-methyl/N-ethyl adjacent to an activating group) is 1. The van der Waals surface area contributed by atoms with Crippen LogP contribution in [0.1, 0.15) is 6.92 Å². The summed E-state index contributed by atoms with van der Waals surface area (Å²) >= 11 is 11.6. The number of halogens is 2. The summed E-state index contributed by atoms with van der Waals surface area (Å²) in [5.74, 6) is -2.25. The molecule has 3 N–H and O–H groups in total. The van der Waals surface area contributed by atoms with Gasteiger partial charge >= 0.3 is 11.8 Å². The van der Waals surface area contributed by atoms with Crippen LogP contribution in [-0.2, 0) is 14.4 Å². The molecule has 0 aliphatic heterocycles. The van der Waals surface area contributed by atoms with Gasteiger partial charge in [-0.2, -0.15) is 0 Å². The highest BCUT2D eigenvalue weighted by Gasteiger charge is 2.16. The maximum atomic E-state index is 11.6. The van der Waals surface area contributed by atoms with Crippen LogP contribution in [0.5, 0.6) is 0 Å². The molecule has 0 aromatic heterocycles. The van der Waals surface area contributed by atoms with Crippen molar-refractivity contribution < 1.29 is 14.4 Å². The second-order valence-corrected chi connectivity index (χ2v) is 4.48. The van der Waals surface area contributed by atoms with Crippen molar-refractivity contribution in [3.05, 3.63) is 28.2 Å². The van der Waals surface area contributed by atoms with E-state index in [1.165, 1.54) is 6.07 Å². The largest absolute Gasteiger partial charge is 0.355 e. The third-order valence-electron chi connectivity index (χ3n) is 2.19. The molecule has 108 valence electrons. The van der Waals surface area contributed by atoms with E-state index < -0.39 is 11.8 Å². The summed E-state index contributed by atoms with van der Waals surface area (Å²) in [6.07, 6.45) is 0. The van der Waals surface area contributed by atoms with Crippen molar-refractivity contribution in [1.82, 2.24) is 10.6 Å². The van der Waals surface area contributed by atoms with Crippen LogP contribution in [0.3, 0.4) is 0 Å². The van der Waals surface area contributed by atoms with Gasteiger partial charge in [0.15, 0.2) is 0 Å². The molecule has 0 fully saturated rings. The van der Waals surface area contributed by atoms with Crippen molar-refractivity contribution >= 4 is 46.6 Å². The van der Waals surface area contributed by atoms with E-state index in [2.05, 4.69) is 16.0 Å². The van der Waals surface area contributed by atoms with Gasteiger partial charge in [0.05, 0.1) is 22.3 Å². The van der Waals surface area contributed by atoms with Crippen molar-refractivity contribution in [1.29, 1.82) is 0 Å². The number of carbonyl (C=O) groups is 3. The van der Waals surface area contributed by atoms with Crippen LogP contribution in [0.4, 0.5) is 5.69 Å². The quantitative estimate of drug-likeness (QED) is 0.729. The van der Waals surface area contributed by atoms with E-state index in [-0.39, 0.29) is 28.2 Å². The van der Waals surface area contributed by atoms with Gasteiger partial charge in [0.25, 0.3) is 0 Å². The van der Waals surface area contributed by atoms with E-state index in [9.17, 15) is 14.4 Å². The molecule has 1 aromatic rings. The number of carbonyl (C=O) groups excluding carboxylic acids is 3. The van der Waals surface area contributed by atoms with Crippen molar-refractivity contribution in [3.8, 4) is 0 Å². The standard InChI is InChI=1S/C12H13Cl2N3O3/c1-2-15-9(18)6-16-11(19)12(20)17-8-5-3-4-7(13)10(8)14/h3-5H,2,6H2,1H3,(H,15,18)(H,16,19)(H,17,20). The lowest BCUT2D eigenvalue weighted by molar-refractivity contribution is -0.136. The fraction of sp³-hybridized carbons (Fsp3) is 0.250. The zero-order valence-corrected chi connectivity index (χ0v) is 12.1. The highest BCUT2D eigenvalue weighted by molar-refractivity contribution is 6.45. The Morgan fingerprint density at radius 2 is 1.80 bits per heavy atom. The van der Waals surface area contributed by atoms with Crippen LogP contribution in [0.25, 0.3) is 0 Å². The Labute approximate surface area is 125 Å². The smallest absolute Gasteiger partial charge is 0.313 e. The Hall–Kier alpha value is -1.79. The van der Waals surface area contributed by atoms with Gasteiger partial charge < -0.3 is 16.0 Å². The number of benzene rings is 1. The second kappa shape index (κ2) is 7.72. The Kier molecular flexibility index (Phi) is 6.27. The van der Waals surface area contributed by atoms with E-state index in [1.54, 1.807) is 19.1 Å². The number of rotatable bonds is 4. The third-order valence-corrected chi connectivity index (χ3v) is 3.01. The molecule has 0 atom stereocenters. The van der Waals surface area contributed by atoms with E-state index in [0.717, 1.165) is 0 Å². The third kappa shape index (κ3) is 4.71. The highest BCUT2D eigenvalue weighted by Crippen LogP contribution is 2.29. The first-order chi connectivity index (χ1) is 9.45. The topological polar surface area (TPSA) is 87.3 Å². The Bertz CT molecular complexity index is 535. The van der Waals surface area contributed by atoms with Crippen molar-refractivity contribution in [2.45, 2.75) is 6.92 Å². The lowest BCUT2D eigenvalue weighted by atomic mass is 10.3. The molecule has 1 aromatic carbocycles. The van der Waals surface area contributed by atoms with E-state index >= 15 is 0 Å². The zero-order valence-electron chi connectivity index (χ0n) is 10.6. The lowest BCUT2D eigenvalue weighted by Gasteiger charge is -2.08. The Morgan fingerprint density at radius 3 is 2.45 bits per heavy atom. The summed E-state index contributed by atoms with van der Waals surface area (Å²) in [6.45, 7) is 1.91. The van der Waals surface area contributed by atoms with Crippen LogP contribution in [-0.4, -0.2) is 30.8 Å². The average Bonchev–Trinajstić information content (AvgIpc) is 2.41. The normalized spacial score (nSPS) is 9.75. The summed E-state index contributed by atoms with van der Waals surface area (Å²) in [6, 6.07) is 4.63. The molecule has 20 heavy (non-hydrogen) atoms. The van der Waals surface area contributed by atoms with Gasteiger partial charge in [0.1, 0.15) is 0 Å². The minimum Gasteiger partial charge on any atom is -0.355 e. The monoisotopic (exact) mass is 317 g/mol. The van der Waals surface area contributed by atoms with Gasteiger partial charge in [-0.05, 0) is 19.1 Å². The molecule has 6 nitrogen and oxygen atoms in total. The predicted octanol–water partition coefficient (Wildman–Crippen LogP) is 1.18. The predicted molar refractivity (Wildman–Crippen MR) is 76.8 cm³/mol. The first kappa shape index (κ1) is 16.3. The molecule has 0 aliphatic rings. The number of anilines is 1. The first-order valence-corrected chi connectivity index (χ1v) is 6.51. The molecular weight excluding hydrogens is 305 g/mol. The van der Waals surface area contributed by atoms with E-state index in [4.69, 9.17) is 23.2 Å². The minimum atomic E-state index is -0.938. The maximum Gasteiger partial charge on any atom is 0.313 e. The summed E-state index contributed by atoms with van der Waals surface area (Å²) in [5.41, 5.74) is 0.220. The molecule has 3 amide bonds. The fourth-order valence-corrected chi connectivity index (χ4v) is 1.63. The number of nitrogens with one attached hydrogen (secondary N) is 3. The summed E-state index contributed by atoms with van der Waals surface area (Å²) in [7, 11) is 0. The molecule has 0 heterocycles. The average molecular weight is 318 g/mol. The number of hydrogen-bond acceptors (Lipinski definition) is 3. The van der Waals surface area contributed by atoms with Crippen molar-refractivity contribution in [2.75, 3.05) is 18.4 Å². The SMILES string of the molecule is CCNC(=O)CNC(=O)C(=O)Nc1cccc(Cl)c1Cl. The molecule has 0 saturated carbocycles. The summed E-state index contributed by atoms with van der Waals surface area (Å²) in [4.78, 5) is 34.2. The molecule has 0 aliphatic carbocycles. The molecule has 8 heteroatoms. The molecule has 1 rings (SSSR count). The number of hydrogen-bond donors (Lipinski definition) is 3. The zero-order chi connectivity index (χ0) is 15.1. The van der Waals surface area contributed by atoms with Crippen molar-refractivity contribution in [2.24, 2.45) is 0 Å². The van der Waals surface area contributed by atoms with Gasteiger partial charge in [-0.25, -0.2) is 0 Å². The lowest BCUT2D eigenvalue weighted by Crippen LogP contribution is -2.41. The van der Waals surface area contributed by atoms with Crippen LogP contribution < -0.4 is 16.0 Å². The molecule has 0 bridgehead atoms. The van der Waals surface area contributed by atoms with Gasteiger partial charge in [0, 0.05) is 6.54 Å². The van der Waals surface area contributed by atoms with Gasteiger partial charge in [-0.1, -0.05) is 29.3 Å². The summed E-state index contributed by atoms with van der Waals surface area (Å²) in [5, 5.41) is 7.37. The molecule has 0 unspecified atom stereocenters. The van der Waals surface area contributed by atoms with Crippen LogP contribution in [0, 0.1) is 0 Å². The Morgan fingerprint density at radius 1 is 1.10 bits per heavy atom.